The summed E-state index contributed by atoms with van der Waals surface area (Å²) in [5, 5.41) is -0.0481. The first kappa shape index (κ1) is 67.9. The van der Waals surface area contributed by atoms with Gasteiger partial charge in [-0.1, -0.05) is 85.0 Å². The van der Waals surface area contributed by atoms with E-state index in [1.807, 2.05) is 109 Å². The number of nitrogens with zero attached hydrogens (tertiary/aromatic N) is 6. The summed E-state index contributed by atoms with van der Waals surface area (Å²) in [7, 11) is -21.1. The van der Waals surface area contributed by atoms with Gasteiger partial charge >= 0.3 is 38.0 Å². The van der Waals surface area contributed by atoms with Crippen LogP contribution in [0.15, 0.2) is 207 Å². The normalized spacial score (nSPS) is 12.5. The van der Waals surface area contributed by atoms with E-state index in [0.717, 1.165) is 88.6 Å². The number of allylic oxidation sites excluding steroid dienone is 2. The van der Waals surface area contributed by atoms with E-state index in [4.69, 9.17) is 9.79 Å². The van der Waals surface area contributed by atoms with E-state index in [2.05, 4.69) is 29.9 Å². The van der Waals surface area contributed by atoms with E-state index < -0.39 is 38.0 Å². The molecule has 0 spiro atoms. The topological polar surface area (TPSA) is 365 Å². The first-order valence-corrected chi connectivity index (χ1v) is 36.0. The molecule has 0 aliphatic carbocycles. The van der Waals surface area contributed by atoms with Crippen LogP contribution >= 0.6 is 60.7 Å². The number of benzene rings is 2. The molecule has 0 aliphatic rings. The maximum Gasteiger partial charge on any atom is 0.366 e. The second-order valence-electron chi connectivity index (χ2n) is 18.9. The van der Waals surface area contributed by atoms with Gasteiger partial charge in [-0.25, -0.2) is 0 Å². The maximum atomic E-state index is 11.3. The lowest BCUT2D eigenvalue weighted by atomic mass is 10.1. The second kappa shape index (κ2) is 30.6. The minimum absolute atomic E-state index is 0.0241. The van der Waals surface area contributed by atoms with Gasteiger partial charge in [-0.2, -0.15) is 0 Å². The monoisotopic (exact) mass is 1340 g/mol. The molecule has 0 bridgehead atoms. The summed E-state index contributed by atoms with van der Waals surface area (Å²) in [6, 6.07) is 42.4. The van der Waals surface area contributed by atoms with Crippen LogP contribution in [0.25, 0.3) is 88.8 Å². The number of pyridine rings is 6. The number of aromatic nitrogens is 6. The highest BCUT2D eigenvalue weighted by atomic mass is 32.1. The third kappa shape index (κ3) is 21.6. The fourth-order valence-corrected chi connectivity index (χ4v) is 12.6. The minimum Gasteiger partial charge on any atom is -0.321 e. The minimum atomic E-state index is -4.26. The highest BCUT2D eigenvalue weighted by molar-refractivity contribution is 7.67. The third-order valence-corrected chi connectivity index (χ3v) is 19.8. The van der Waals surface area contributed by atoms with Gasteiger partial charge in [0, 0.05) is 52.8 Å². The first-order chi connectivity index (χ1) is 42.7. The summed E-state index contributed by atoms with van der Waals surface area (Å²) in [4.78, 5) is 119. The van der Waals surface area contributed by atoms with Crippen LogP contribution in [0.2, 0.25) is 0 Å². The molecule has 0 radical (unpaired) electrons. The maximum absolute atomic E-state index is 11.3. The molecular formula is C62H53N6O15P5S2. The Bertz CT molecular complexity index is 4340. The SMILES string of the molecule is O=P(O)(O)/C=C/C=C/c1ccnc(-c2ccccn2)c1.O=P(O)(O)c1ccc(/C=C/c2ccnc(-c3cc(/C=C/c4ccc(P(=O)(O)O)cc4)ccn3)c2)cc1.O=P(O)(O)c1ccc(/C=C/c2ccnc(-c3cc(/C=C/c4ccc(P(=O)(O)O)s4)ccn3)c2)s1. The summed E-state index contributed by atoms with van der Waals surface area (Å²) in [5.74, 6) is 0.852. The Morgan fingerprint density at radius 2 is 0.611 bits per heavy atom. The molecule has 2 aromatic carbocycles. The Kier molecular flexibility index (Phi) is 23.1. The lowest BCUT2D eigenvalue weighted by molar-refractivity contribution is 0.384. The van der Waals surface area contributed by atoms with Crippen molar-refractivity contribution in [3.8, 4) is 34.2 Å². The van der Waals surface area contributed by atoms with Crippen LogP contribution in [0.1, 0.15) is 48.7 Å². The predicted molar refractivity (Wildman–Crippen MR) is 357 cm³/mol. The fourth-order valence-electron chi connectivity index (χ4n) is 7.77. The smallest absolute Gasteiger partial charge is 0.321 e. The summed E-state index contributed by atoms with van der Waals surface area (Å²) in [5.41, 5.74) is 10.1. The van der Waals surface area contributed by atoms with Gasteiger partial charge in [0.25, 0.3) is 0 Å². The van der Waals surface area contributed by atoms with Crippen molar-refractivity contribution in [2.24, 2.45) is 0 Å². The largest absolute Gasteiger partial charge is 0.366 e. The van der Waals surface area contributed by atoms with E-state index >= 15 is 0 Å². The molecular weight excluding hydrogens is 1290 g/mol. The van der Waals surface area contributed by atoms with E-state index in [1.54, 1.807) is 104 Å². The molecule has 10 rings (SSSR count). The van der Waals surface area contributed by atoms with E-state index in [1.165, 1.54) is 42.5 Å². The van der Waals surface area contributed by atoms with E-state index in [-0.39, 0.29) is 19.8 Å². The molecule has 28 heteroatoms. The van der Waals surface area contributed by atoms with Crippen molar-refractivity contribution in [3.63, 3.8) is 0 Å². The number of hydrogen-bond acceptors (Lipinski definition) is 13. The summed E-state index contributed by atoms with van der Waals surface area (Å²) < 4.78 is 56.0. The van der Waals surface area contributed by atoms with Gasteiger partial charge in [-0.3, -0.25) is 52.7 Å². The van der Waals surface area contributed by atoms with Crippen LogP contribution in [0.3, 0.4) is 0 Å². The zero-order chi connectivity index (χ0) is 64.5. The van der Waals surface area contributed by atoms with Crippen LogP contribution in [0, 0.1) is 0 Å². The molecule has 0 aliphatic heterocycles. The molecule has 90 heavy (non-hydrogen) atoms. The van der Waals surface area contributed by atoms with Gasteiger partial charge in [0.05, 0.1) is 44.8 Å². The van der Waals surface area contributed by atoms with Gasteiger partial charge in [0.2, 0.25) is 0 Å². The molecule has 10 aromatic rings. The lowest BCUT2D eigenvalue weighted by Gasteiger charge is -2.04. The molecule has 8 aromatic heterocycles. The molecule has 458 valence electrons. The van der Waals surface area contributed by atoms with Crippen LogP contribution in [-0.2, 0) is 22.8 Å². The summed E-state index contributed by atoms with van der Waals surface area (Å²) >= 11 is 2.08. The molecule has 0 saturated carbocycles. The van der Waals surface area contributed by atoms with Gasteiger partial charge in [-0.05, 0) is 172 Å². The van der Waals surface area contributed by atoms with Gasteiger partial charge in [-0.15, -0.1) is 22.7 Å². The zero-order valence-corrected chi connectivity index (χ0v) is 52.7. The van der Waals surface area contributed by atoms with Crippen molar-refractivity contribution in [3.05, 3.63) is 256 Å². The fraction of sp³-hybridized carbons (Fsp3) is 0. The molecule has 0 saturated heterocycles. The standard InChI is InChI=1S/C26H22N2O6P2.C22H18N2O6P2S2.C14H13N2O3P/c29-35(30,31)23-9-5-19(6-10-23)1-3-21-13-15-27-25(17-21)26-18-22(14-16-28-26)4-2-20-7-11-24(12-8-20)36(32,33)34;25-31(26,27)21-7-5-17(33-21)3-1-15-9-11-23-19(13-15)20-14-16(10-12-24-20)2-4-18-6-8-22(34-18)32(28,29)30;17-20(18,19)10-4-2-5-12-7-9-16-14(11-12)13-6-1-3-8-15-13/h1-18H,(H2,29,30,31)(H2,32,33,34);1-14H,(H2,25,26,27)(H2,28,29,30);1-11H,(H2,17,18,19)/b2*3-1+,4-2+;5-2+,10-4+. The highest BCUT2D eigenvalue weighted by Crippen LogP contribution is 2.39. The van der Waals surface area contributed by atoms with Crippen molar-refractivity contribution in [1.29, 1.82) is 0 Å². The third-order valence-electron chi connectivity index (χ3n) is 12.1. The number of rotatable bonds is 18. The Morgan fingerprint density at radius 1 is 0.289 bits per heavy atom. The average molecular weight is 1340 g/mol. The van der Waals surface area contributed by atoms with Crippen LogP contribution < -0.4 is 19.8 Å². The van der Waals surface area contributed by atoms with E-state index in [9.17, 15) is 62.0 Å². The number of thiophene rings is 2. The highest BCUT2D eigenvalue weighted by Gasteiger charge is 2.21. The Hall–Kier alpha value is -8.07. The molecule has 0 fully saturated rings. The Balaban J connectivity index is 0.000000181. The molecule has 21 nitrogen and oxygen atoms in total. The van der Waals surface area contributed by atoms with Gasteiger partial charge in [0.1, 0.15) is 9.24 Å². The van der Waals surface area contributed by atoms with Crippen LogP contribution in [-0.4, -0.2) is 78.8 Å². The van der Waals surface area contributed by atoms with Gasteiger partial charge in [0.15, 0.2) is 0 Å². The molecule has 10 N–H and O–H groups in total. The number of hydrogen-bond donors (Lipinski definition) is 10. The average Bonchev–Trinajstić information content (AvgIpc) is 4.12. The molecule has 8 heterocycles. The molecule has 0 atom stereocenters. The quantitative estimate of drug-likeness (QED) is 0.0282. The van der Waals surface area contributed by atoms with Crippen molar-refractivity contribution in [1.82, 2.24) is 29.9 Å². The van der Waals surface area contributed by atoms with Crippen LogP contribution in [0.5, 0.6) is 0 Å². The Labute approximate surface area is 523 Å². The lowest BCUT2D eigenvalue weighted by Crippen LogP contribution is -2.02. The van der Waals surface area contributed by atoms with Crippen molar-refractivity contribution in [2.45, 2.75) is 0 Å². The summed E-state index contributed by atoms with van der Waals surface area (Å²) in [6.07, 6.45) is 29.3. The summed E-state index contributed by atoms with van der Waals surface area (Å²) in [6.45, 7) is 0. The van der Waals surface area contributed by atoms with E-state index in [0.29, 0.717) is 22.8 Å². The van der Waals surface area contributed by atoms with Gasteiger partial charge < -0.3 is 48.9 Å². The second-order valence-corrected chi connectivity index (χ2v) is 29.6. The molecule has 0 amide bonds. The van der Waals surface area contributed by atoms with Crippen molar-refractivity contribution < 1.29 is 71.8 Å². The zero-order valence-electron chi connectivity index (χ0n) is 46.6. The van der Waals surface area contributed by atoms with Crippen molar-refractivity contribution >= 4 is 135 Å². The molecule has 0 unspecified atom stereocenters. The predicted octanol–water partition coefficient (Wildman–Crippen LogP) is 11.2. The van der Waals surface area contributed by atoms with Crippen LogP contribution in [0.4, 0.5) is 0 Å². The van der Waals surface area contributed by atoms with Crippen molar-refractivity contribution in [2.75, 3.05) is 0 Å². The first-order valence-electron chi connectivity index (χ1n) is 26.2. The Morgan fingerprint density at radius 3 is 0.922 bits per heavy atom.